The van der Waals surface area contributed by atoms with E-state index >= 15 is 0 Å². The lowest BCUT2D eigenvalue weighted by Gasteiger charge is -2.19. The highest BCUT2D eigenvalue weighted by atomic mass is 14.2. The second-order valence-corrected chi connectivity index (χ2v) is 11.0. The van der Waals surface area contributed by atoms with Crippen LogP contribution in [-0.4, -0.2) is 0 Å². The van der Waals surface area contributed by atoms with Gasteiger partial charge in [-0.2, -0.15) is 0 Å². The molecule has 0 atom stereocenters. The smallest absolute Gasteiger partial charge is 0.0136 e. The molecule has 0 radical (unpaired) electrons. The van der Waals surface area contributed by atoms with Crippen LogP contribution in [0.25, 0.3) is 43.1 Å². The van der Waals surface area contributed by atoms with Crippen LogP contribution in [-0.2, 0) is 12.8 Å². The van der Waals surface area contributed by atoms with Crippen LogP contribution >= 0.6 is 0 Å². The van der Waals surface area contributed by atoms with Gasteiger partial charge in [0, 0.05) is 0 Å². The third-order valence-electron chi connectivity index (χ3n) is 7.49. The summed E-state index contributed by atoms with van der Waals surface area (Å²) in [5, 5.41) is 11.3. The van der Waals surface area contributed by atoms with E-state index in [1.54, 1.807) is 11.1 Å². The second kappa shape index (κ2) is 10.8. The molecule has 0 amide bonds. The maximum Gasteiger partial charge on any atom is -0.0136 e. The van der Waals surface area contributed by atoms with Crippen molar-refractivity contribution in [3.05, 3.63) is 83.9 Å². The first kappa shape index (κ1) is 25.2. The highest BCUT2D eigenvalue weighted by Gasteiger charge is 2.16. The van der Waals surface area contributed by atoms with Gasteiger partial charge in [-0.05, 0) is 116 Å². The minimum atomic E-state index is 0. The van der Waals surface area contributed by atoms with E-state index in [4.69, 9.17) is 0 Å². The zero-order valence-electron chi connectivity index (χ0n) is 21.3. The summed E-state index contributed by atoms with van der Waals surface area (Å²) in [5.41, 5.74) is 3.10. The molecule has 0 bridgehead atoms. The van der Waals surface area contributed by atoms with Gasteiger partial charge < -0.3 is 0 Å². The van der Waals surface area contributed by atoms with Crippen molar-refractivity contribution in [2.75, 3.05) is 0 Å². The van der Waals surface area contributed by atoms with Crippen molar-refractivity contribution < 1.29 is 0 Å². The molecule has 0 aliphatic carbocycles. The lowest BCUT2D eigenvalue weighted by molar-refractivity contribution is 0.556. The number of hydrogen-bond donors (Lipinski definition) is 0. The molecule has 0 aliphatic heterocycles. The molecule has 0 unspecified atom stereocenters. The number of benzene rings is 5. The van der Waals surface area contributed by atoms with E-state index in [9.17, 15) is 0 Å². The van der Waals surface area contributed by atoms with Gasteiger partial charge in [-0.25, -0.2) is 0 Å². The van der Waals surface area contributed by atoms with Crippen molar-refractivity contribution in [1.29, 1.82) is 0 Å². The van der Waals surface area contributed by atoms with Gasteiger partial charge in [0.1, 0.15) is 0 Å². The van der Waals surface area contributed by atoms with Crippen molar-refractivity contribution >= 4 is 43.1 Å². The Morgan fingerprint density at radius 3 is 1.03 bits per heavy atom. The first-order valence-electron chi connectivity index (χ1n) is 13.3. The van der Waals surface area contributed by atoms with Gasteiger partial charge >= 0.3 is 0 Å². The molecule has 0 aliphatic rings. The normalized spacial score (nSPS) is 11.8. The number of hydrogen-bond acceptors (Lipinski definition) is 0. The van der Waals surface area contributed by atoms with Gasteiger partial charge in [0.15, 0.2) is 0 Å². The van der Waals surface area contributed by atoms with Gasteiger partial charge in [0.2, 0.25) is 0 Å². The lowest BCUT2D eigenvalue weighted by atomic mass is 9.85. The first-order chi connectivity index (χ1) is 16.5. The summed E-state index contributed by atoms with van der Waals surface area (Å²) in [5.74, 6) is 1.49. The molecule has 5 aromatic carbocycles. The summed E-state index contributed by atoms with van der Waals surface area (Å²) in [6.45, 7) is 9.37. The van der Waals surface area contributed by atoms with E-state index in [0.717, 1.165) is 24.7 Å². The Bertz CT molecular complexity index is 1240. The summed E-state index contributed by atoms with van der Waals surface area (Å²) in [7, 11) is 0. The summed E-state index contributed by atoms with van der Waals surface area (Å²) in [6, 6.07) is 27.7. The molecule has 0 saturated carbocycles. The molecule has 5 rings (SSSR count). The highest BCUT2D eigenvalue weighted by molar-refractivity contribution is 6.13. The SMILES string of the molecule is C.CC(C)CCCc1c2cc3ccccc3cc2c(CCCC(C)C)c2cc3ccccc3cc12. The third-order valence-corrected chi connectivity index (χ3v) is 7.49. The molecule has 0 spiro atoms. The largest absolute Gasteiger partial charge is 0.0776 e. The topological polar surface area (TPSA) is 0 Å². The molecule has 0 saturated heterocycles. The second-order valence-electron chi connectivity index (χ2n) is 11.0. The van der Waals surface area contributed by atoms with E-state index < -0.39 is 0 Å². The molecule has 0 heterocycles. The number of aryl methyl sites for hydroxylation is 2. The van der Waals surface area contributed by atoms with Crippen LogP contribution in [0.3, 0.4) is 0 Å². The minimum Gasteiger partial charge on any atom is -0.0776 e. The van der Waals surface area contributed by atoms with Gasteiger partial charge in [0.05, 0.1) is 0 Å². The maximum atomic E-state index is 2.48. The average molecular weight is 463 g/mol. The fourth-order valence-corrected chi connectivity index (χ4v) is 5.68. The first-order valence-corrected chi connectivity index (χ1v) is 13.3. The van der Waals surface area contributed by atoms with E-state index in [-0.39, 0.29) is 7.43 Å². The van der Waals surface area contributed by atoms with E-state index in [1.807, 2.05) is 0 Å². The minimum absolute atomic E-state index is 0. The monoisotopic (exact) mass is 462 g/mol. The molecule has 182 valence electrons. The Morgan fingerprint density at radius 2 is 0.771 bits per heavy atom. The lowest BCUT2D eigenvalue weighted by Crippen LogP contribution is -1.99. The molecule has 0 heteroatoms. The standard InChI is InChI=1S/C34H38.CH4/c1-23(2)11-9-17-29-31-19-25-13-5-7-15-27(25)21-33(31)30(18-10-12-24(3)4)34-22-28-16-8-6-14-26(28)20-32(29)34;/h5-8,13-16,19-24H,9-12,17-18H2,1-4H3;1H4. The van der Waals surface area contributed by atoms with Gasteiger partial charge in [-0.15, -0.1) is 0 Å². The van der Waals surface area contributed by atoms with E-state index in [2.05, 4.69) is 100 Å². The zero-order chi connectivity index (χ0) is 23.7. The molecular weight excluding hydrogens is 420 g/mol. The summed E-state index contributed by atoms with van der Waals surface area (Å²) in [6.07, 6.45) is 7.34. The number of rotatable bonds is 8. The van der Waals surface area contributed by atoms with Crippen LogP contribution in [0.5, 0.6) is 0 Å². The Kier molecular flexibility index (Phi) is 7.80. The number of fused-ring (bicyclic) bond motifs is 4. The van der Waals surface area contributed by atoms with Gasteiger partial charge in [-0.3, -0.25) is 0 Å². The molecule has 0 fully saturated rings. The zero-order valence-corrected chi connectivity index (χ0v) is 21.3. The molecule has 5 aromatic rings. The van der Waals surface area contributed by atoms with E-state index in [0.29, 0.717) is 0 Å². The third kappa shape index (κ3) is 5.22. The summed E-state index contributed by atoms with van der Waals surface area (Å²) < 4.78 is 0. The fraction of sp³-hybridized carbons (Fsp3) is 0.371. The van der Waals surface area contributed by atoms with Crippen LogP contribution in [0.15, 0.2) is 72.8 Å². The maximum absolute atomic E-state index is 2.48. The van der Waals surface area contributed by atoms with Crippen LogP contribution in [0.4, 0.5) is 0 Å². The molecule has 35 heavy (non-hydrogen) atoms. The average Bonchev–Trinajstić information content (AvgIpc) is 2.82. The van der Waals surface area contributed by atoms with Crippen LogP contribution in [0.1, 0.15) is 71.9 Å². The van der Waals surface area contributed by atoms with Crippen molar-refractivity contribution in [3.8, 4) is 0 Å². The molecule has 0 aromatic heterocycles. The van der Waals surface area contributed by atoms with Gasteiger partial charge in [-0.1, -0.05) is 96.5 Å². The fourth-order valence-electron chi connectivity index (χ4n) is 5.68. The quantitative estimate of drug-likeness (QED) is 0.201. The summed E-state index contributed by atoms with van der Waals surface area (Å²) >= 11 is 0. The van der Waals surface area contributed by atoms with Crippen molar-refractivity contribution in [2.45, 2.75) is 73.6 Å². The predicted molar refractivity (Wildman–Crippen MR) is 159 cm³/mol. The van der Waals surface area contributed by atoms with Crippen LogP contribution < -0.4 is 0 Å². The van der Waals surface area contributed by atoms with Gasteiger partial charge in [0.25, 0.3) is 0 Å². The Morgan fingerprint density at radius 1 is 0.486 bits per heavy atom. The van der Waals surface area contributed by atoms with Crippen LogP contribution in [0.2, 0.25) is 0 Å². The summed E-state index contributed by atoms with van der Waals surface area (Å²) in [4.78, 5) is 0. The molecular formula is C35H42. The van der Waals surface area contributed by atoms with E-state index in [1.165, 1.54) is 68.8 Å². The molecule has 0 nitrogen and oxygen atoms in total. The Labute approximate surface area is 212 Å². The Balaban J connectivity index is 0.00000289. The van der Waals surface area contributed by atoms with Crippen molar-refractivity contribution in [3.63, 3.8) is 0 Å². The van der Waals surface area contributed by atoms with Crippen molar-refractivity contribution in [1.82, 2.24) is 0 Å². The molecule has 0 N–H and O–H groups in total. The highest BCUT2D eigenvalue weighted by Crippen LogP contribution is 2.39. The Hall–Kier alpha value is -2.86. The van der Waals surface area contributed by atoms with Crippen molar-refractivity contribution in [2.24, 2.45) is 11.8 Å². The van der Waals surface area contributed by atoms with Crippen LogP contribution in [0, 0.1) is 11.8 Å². The predicted octanol–water partition coefficient (Wildman–Crippen LogP) is 10.9.